The van der Waals surface area contributed by atoms with E-state index in [1.54, 1.807) is 25.3 Å². The van der Waals surface area contributed by atoms with E-state index in [0.717, 1.165) is 54.9 Å². The Labute approximate surface area is 188 Å². The standard InChI is InChI=1S/C23H25F3N4O3/c1-2-33-20-11-19-15(12-28-30(19)16-7-5-14(13-31)6-8-16)10-18(20)29-22(32)21-17(23(24,25)26)4-3-9-27-21/h3-4,9-12,14,16,31H,2,5-8,13H2,1H3,(H,29,32). The third-order valence-corrected chi connectivity index (χ3v) is 5.99. The van der Waals surface area contributed by atoms with Gasteiger partial charge in [-0.2, -0.15) is 18.3 Å². The second kappa shape index (κ2) is 9.38. The van der Waals surface area contributed by atoms with E-state index in [4.69, 9.17) is 4.74 Å². The van der Waals surface area contributed by atoms with E-state index in [9.17, 15) is 23.1 Å². The van der Waals surface area contributed by atoms with E-state index in [0.29, 0.717) is 18.3 Å². The molecule has 4 rings (SSSR count). The van der Waals surface area contributed by atoms with Crippen LogP contribution in [0.15, 0.2) is 36.7 Å². The van der Waals surface area contributed by atoms with Gasteiger partial charge in [0.05, 0.1) is 35.6 Å². The second-order valence-corrected chi connectivity index (χ2v) is 8.14. The van der Waals surface area contributed by atoms with Crippen LogP contribution in [-0.2, 0) is 6.18 Å². The van der Waals surface area contributed by atoms with Crippen LogP contribution in [0.1, 0.15) is 54.7 Å². The molecule has 0 spiro atoms. The van der Waals surface area contributed by atoms with Gasteiger partial charge in [-0.1, -0.05) is 0 Å². The number of pyridine rings is 1. The first-order valence-corrected chi connectivity index (χ1v) is 10.9. The minimum Gasteiger partial charge on any atom is -0.492 e. The number of hydrogen-bond acceptors (Lipinski definition) is 5. The summed E-state index contributed by atoms with van der Waals surface area (Å²) in [5.74, 6) is -0.316. The van der Waals surface area contributed by atoms with Gasteiger partial charge in [-0.3, -0.25) is 14.5 Å². The van der Waals surface area contributed by atoms with E-state index < -0.39 is 23.3 Å². The molecule has 0 bridgehead atoms. The molecule has 10 heteroatoms. The van der Waals surface area contributed by atoms with Gasteiger partial charge in [0.25, 0.3) is 5.91 Å². The fraction of sp³-hybridized carbons (Fsp3) is 0.435. The first-order chi connectivity index (χ1) is 15.8. The SMILES string of the molecule is CCOc1cc2c(cnn2C2CCC(CO)CC2)cc1NC(=O)c1ncccc1C(F)(F)F. The second-order valence-electron chi connectivity index (χ2n) is 8.14. The summed E-state index contributed by atoms with van der Waals surface area (Å²) < 4.78 is 47.6. The number of halogens is 3. The predicted molar refractivity (Wildman–Crippen MR) is 116 cm³/mol. The van der Waals surface area contributed by atoms with Crippen LogP contribution >= 0.6 is 0 Å². The van der Waals surface area contributed by atoms with Crippen molar-refractivity contribution in [1.82, 2.24) is 14.8 Å². The zero-order valence-electron chi connectivity index (χ0n) is 18.1. The Morgan fingerprint density at radius 3 is 2.70 bits per heavy atom. The Morgan fingerprint density at radius 1 is 1.27 bits per heavy atom. The number of rotatable bonds is 6. The van der Waals surface area contributed by atoms with Gasteiger partial charge in [-0.25, -0.2) is 0 Å². The van der Waals surface area contributed by atoms with E-state index in [1.165, 1.54) is 0 Å². The van der Waals surface area contributed by atoms with E-state index in [-0.39, 0.29) is 18.3 Å². The van der Waals surface area contributed by atoms with Crippen molar-refractivity contribution in [3.63, 3.8) is 0 Å². The highest BCUT2D eigenvalue weighted by molar-refractivity contribution is 6.06. The highest BCUT2D eigenvalue weighted by Crippen LogP contribution is 2.37. The highest BCUT2D eigenvalue weighted by atomic mass is 19.4. The molecule has 1 saturated carbocycles. The number of aromatic nitrogens is 3. The number of fused-ring (bicyclic) bond motifs is 1. The van der Waals surface area contributed by atoms with Crippen LogP contribution in [0.5, 0.6) is 5.75 Å². The van der Waals surface area contributed by atoms with Crippen molar-refractivity contribution in [1.29, 1.82) is 0 Å². The van der Waals surface area contributed by atoms with Gasteiger partial charge in [0.2, 0.25) is 0 Å². The summed E-state index contributed by atoms with van der Waals surface area (Å²) >= 11 is 0. The summed E-state index contributed by atoms with van der Waals surface area (Å²) in [5, 5.41) is 17.2. The number of hydrogen-bond donors (Lipinski definition) is 2. The first kappa shape index (κ1) is 23.0. The van der Waals surface area contributed by atoms with Crippen LogP contribution in [0.4, 0.5) is 18.9 Å². The molecule has 2 heterocycles. The Kier molecular flexibility index (Phi) is 6.55. The van der Waals surface area contributed by atoms with Crippen LogP contribution in [0.25, 0.3) is 10.9 Å². The molecule has 2 aromatic heterocycles. The topological polar surface area (TPSA) is 89.3 Å². The van der Waals surface area contributed by atoms with Gasteiger partial charge in [-0.05, 0) is 56.7 Å². The van der Waals surface area contributed by atoms with Gasteiger partial charge in [0.1, 0.15) is 11.4 Å². The quantitative estimate of drug-likeness (QED) is 0.548. The van der Waals surface area contributed by atoms with E-state index in [1.807, 2.05) is 4.68 Å². The fourth-order valence-electron chi connectivity index (χ4n) is 4.31. The van der Waals surface area contributed by atoms with Gasteiger partial charge in [0.15, 0.2) is 0 Å². The Balaban J connectivity index is 1.65. The summed E-state index contributed by atoms with van der Waals surface area (Å²) in [5.41, 5.74) is -0.744. The molecular formula is C23H25F3N4O3. The minimum atomic E-state index is -4.70. The number of carbonyl (C=O) groups excluding carboxylic acids is 1. The average Bonchev–Trinajstić information content (AvgIpc) is 3.21. The van der Waals surface area contributed by atoms with Crippen LogP contribution in [0.2, 0.25) is 0 Å². The number of aliphatic hydroxyl groups excluding tert-OH is 1. The Hall–Kier alpha value is -3.14. The molecule has 0 unspecified atom stereocenters. The van der Waals surface area contributed by atoms with Gasteiger partial charge in [-0.15, -0.1) is 0 Å². The smallest absolute Gasteiger partial charge is 0.418 e. The molecule has 1 aliphatic carbocycles. The molecule has 0 aliphatic heterocycles. The molecule has 176 valence electrons. The monoisotopic (exact) mass is 462 g/mol. The number of nitrogens with one attached hydrogen (secondary N) is 1. The number of ether oxygens (including phenoxy) is 1. The van der Waals surface area contributed by atoms with E-state index >= 15 is 0 Å². The molecule has 1 amide bonds. The largest absolute Gasteiger partial charge is 0.492 e. The van der Waals surface area contributed by atoms with E-state index in [2.05, 4.69) is 15.4 Å². The van der Waals surface area contributed by atoms with Crippen molar-refractivity contribution in [3.05, 3.63) is 47.9 Å². The summed E-state index contributed by atoms with van der Waals surface area (Å²) in [6.45, 7) is 2.28. The molecule has 1 fully saturated rings. The molecule has 3 aromatic rings. The molecule has 0 saturated heterocycles. The van der Waals surface area contributed by atoms with Crippen LogP contribution in [-0.4, -0.2) is 39.0 Å². The minimum absolute atomic E-state index is 0.183. The fourth-order valence-corrected chi connectivity index (χ4v) is 4.31. The number of nitrogens with zero attached hydrogens (tertiary/aromatic N) is 3. The van der Waals surface area contributed by atoms with Crippen molar-refractivity contribution in [2.45, 2.75) is 44.8 Å². The van der Waals surface area contributed by atoms with Crippen LogP contribution < -0.4 is 10.1 Å². The number of amides is 1. The number of aliphatic hydroxyl groups is 1. The summed E-state index contributed by atoms with van der Waals surface area (Å²) in [6, 6.07) is 5.55. The van der Waals surface area contributed by atoms with Crippen LogP contribution in [0.3, 0.4) is 0 Å². The molecule has 2 N–H and O–H groups in total. The van der Waals surface area contributed by atoms with Gasteiger partial charge < -0.3 is 15.2 Å². The zero-order valence-corrected chi connectivity index (χ0v) is 18.1. The van der Waals surface area contributed by atoms with Gasteiger partial charge >= 0.3 is 6.18 Å². The maximum Gasteiger partial charge on any atom is 0.418 e. The Bertz CT molecular complexity index is 1140. The lowest BCUT2D eigenvalue weighted by Crippen LogP contribution is -2.21. The van der Waals surface area contributed by atoms with Crippen molar-refractivity contribution in [3.8, 4) is 5.75 Å². The van der Waals surface area contributed by atoms with Crippen molar-refractivity contribution in [2.24, 2.45) is 5.92 Å². The number of benzene rings is 1. The lowest BCUT2D eigenvalue weighted by molar-refractivity contribution is -0.138. The van der Waals surface area contributed by atoms with Crippen molar-refractivity contribution in [2.75, 3.05) is 18.5 Å². The van der Waals surface area contributed by atoms with Crippen LogP contribution in [0, 0.1) is 5.92 Å². The Morgan fingerprint density at radius 2 is 2.03 bits per heavy atom. The lowest BCUT2D eigenvalue weighted by Gasteiger charge is -2.28. The summed E-state index contributed by atoms with van der Waals surface area (Å²) in [4.78, 5) is 16.4. The maximum atomic E-state index is 13.3. The number of carbonyl (C=O) groups is 1. The summed E-state index contributed by atoms with van der Waals surface area (Å²) in [7, 11) is 0. The summed E-state index contributed by atoms with van der Waals surface area (Å²) in [6.07, 6.45) is 1.73. The predicted octanol–water partition coefficient (Wildman–Crippen LogP) is 4.82. The number of alkyl halides is 3. The average molecular weight is 462 g/mol. The lowest BCUT2D eigenvalue weighted by atomic mass is 9.86. The molecule has 7 nitrogen and oxygen atoms in total. The molecule has 1 aromatic carbocycles. The first-order valence-electron chi connectivity index (χ1n) is 10.9. The maximum absolute atomic E-state index is 13.3. The molecule has 0 atom stereocenters. The van der Waals surface area contributed by atoms with Gasteiger partial charge in [0, 0.05) is 24.3 Å². The molecular weight excluding hydrogens is 437 g/mol. The molecule has 33 heavy (non-hydrogen) atoms. The zero-order chi connectivity index (χ0) is 23.6. The van der Waals surface area contributed by atoms with Crippen molar-refractivity contribution < 1.29 is 27.8 Å². The number of anilines is 1. The molecule has 1 aliphatic rings. The van der Waals surface area contributed by atoms with Crippen molar-refractivity contribution >= 4 is 22.5 Å². The third-order valence-electron chi connectivity index (χ3n) is 5.99. The normalized spacial score (nSPS) is 18.9. The third kappa shape index (κ3) is 4.80. The highest BCUT2D eigenvalue weighted by Gasteiger charge is 2.36. The molecule has 0 radical (unpaired) electrons.